The quantitative estimate of drug-likeness (QED) is 0.752. The number of nitrogens with zero attached hydrogens (tertiary/aromatic N) is 3. The number of nitrogens with one attached hydrogen (secondary N) is 1. The van der Waals surface area contributed by atoms with Gasteiger partial charge in [-0.2, -0.15) is 15.0 Å². The van der Waals surface area contributed by atoms with Gasteiger partial charge in [0.1, 0.15) is 5.75 Å². The summed E-state index contributed by atoms with van der Waals surface area (Å²) in [6, 6.07) is 19.1. The molecule has 0 aliphatic rings. The van der Waals surface area contributed by atoms with E-state index in [9.17, 15) is 0 Å². The molecule has 23 heavy (non-hydrogen) atoms. The van der Waals surface area contributed by atoms with Crippen LogP contribution in [0.2, 0.25) is 0 Å². The van der Waals surface area contributed by atoms with Crippen molar-refractivity contribution in [2.24, 2.45) is 0 Å². The maximum absolute atomic E-state index is 5.82. The molecule has 1 atom stereocenters. The molecule has 0 aliphatic heterocycles. The van der Waals surface area contributed by atoms with Crippen LogP contribution in [0.1, 0.15) is 18.9 Å². The van der Waals surface area contributed by atoms with Crippen molar-refractivity contribution in [3.8, 4) is 5.75 Å². The van der Waals surface area contributed by atoms with Crippen LogP contribution in [0.3, 0.4) is 0 Å². The van der Waals surface area contributed by atoms with Crippen LogP contribution < -0.4 is 15.8 Å². The second kappa shape index (κ2) is 6.74. The first-order chi connectivity index (χ1) is 11.2. The molecular weight excluding hydrogens is 290 g/mol. The van der Waals surface area contributed by atoms with Gasteiger partial charge in [0.05, 0.1) is 0 Å². The van der Waals surface area contributed by atoms with Crippen molar-refractivity contribution < 1.29 is 4.74 Å². The van der Waals surface area contributed by atoms with Gasteiger partial charge in [0.25, 0.3) is 0 Å². The van der Waals surface area contributed by atoms with Crippen LogP contribution in [-0.4, -0.2) is 15.0 Å². The molecule has 6 heteroatoms. The first kappa shape index (κ1) is 14.8. The Kier molecular flexibility index (Phi) is 4.33. The molecule has 1 heterocycles. The SMILES string of the molecule is CC(Oc1ccccc1)c1nc(N)nc(Nc2ccccc2)n1. The van der Waals surface area contributed by atoms with E-state index < -0.39 is 0 Å². The minimum Gasteiger partial charge on any atom is -0.483 e. The fraction of sp³-hybridized carbons (Fsp3) is 0.118. The van der Waals surface area contributed by atoms with Crippen LogP contribution in [0.25, 0.3) is 0 Å². The van der Waals surface area contributed by atoms with E-state index in [4.69, 9.17) is 10.5 Å². The summed E-state index contributed by atoms with van der Waals surface area (Å²) in [7, 11) is 0. The van der Waals surface area contributed by atoms with E-state index >= 15 is 0 Å². The molecule has 0 amide bonds. The van der Waals surface area contributed by atoms with E-state index in [2.05, 4.69) is 20.3 Å². The third-order valence-electron chi connectivity index (χ3n) is 3.12. The summed E-state index contributed by atoms with van der Waals surface area (Å²) in [5.41, 5.74) is 6.66. The minimum atomic E-state index is -0.348. The molecule has 6 nitrogen and oxygen atoms in total. The molecule has 0 radical (unpaired) electrons. The number of nitrogen functional groups attached to an aromatic ring is 1. The van der Waals surface area contributed by atoms with Crippen LogP contribution in [0, 0.1) is 0 Å². The number of aromatic nitrogens is 3. The van der Waals surface area contributed by atoms with Gasteiger partial charge in [-0.1, -0.05) is 36.4 Å². The highest BCUT2D eigenvalue weighted by Gasteiger charge is 2.14. The zero-order valence-electron chi connectivity index (χ0n) is 12.7. The van der Waals surface area contributed by atoms with Crippen molar-refractivity contribution in [3.63, 3.8) is 0 Å². The lowest BCUT2D eigenvalue weighted by molar-refractivity contribution is 0.216. The smallest absolute Gasteiger partial charge is 0.232 e. The number of para-hydroxylation sites is 2. The first-order valence-corrected chi connectivity index (χ1v) is 7.26. The average Bonchev–Trinajstić information content (AvgIpc) is 2.56. The predicted octanol–water partition coefficient (Wildman–Crippen LogP) is 3.34. The van der Waals surface area contributed by atoms with Gasteiger partial charge >= 0.3 is 0 Å². The summed E-state index contributed by atoms with van der Waals surface area (Å²) in [5.74, 6) is 1.76. The van der Waals surface area contributed by atoms with Crippen molar-refractivity contribution >= 4 is 17.6 Å². The van der Waals surface area contributed by atoms with Gasteiger partial charge < -0.3 is 15.8 Å². The zero-order chi connectivity index (χ0) is 16.1. The molecule has 0 saturated carbocycles. The first-order valence-electron chi connectivity index (χ1n) is 7.26. The molecule has 3 rings (SSSR count). The summed E-state index contributed by atoms with van der Waals surface area (Å²) in [4.78, 5) is 12.7. The molecule has 0 bridgehead atoms. The highest BCUT2D eigenvalue weighted by atomic mass is 16.5. The summed E-state index contributed by atoms with van der Waals surface area (Å²) in [6.07, 6.45) is -0.348. The van der Waals surface area contributed by atoms with Crippen molar-refractivity contribution in [1.29, 1.82) is 0 Å². The molecular formula is C17H17N5O. The van der Waals surface area contributed by atoms with Crippen LogP contribution in [0.5, 0.6) is 5.75 Å². The van der Waals surface area contributed by atoms with Gasteiger partial charge in [-0.3, -0.25) is 0 Å². The number of ether oxygens (including phenoxy) is 1. The highest BCUT2D eigenvalue weighted by Crippen LogP contribution is 2.21. The van der Waals surface area contributed by atoms with Crippen LogP contribution in [0.15, 0.2) is 60.7 Å². The van der Waals surface area contributed by atoms with E-state index in [1.54, 1.807) is 0 Å². The fourth-order valence-corrected chi connectivity index (χ4v) is 2.05. The van der Waals surface area contributed by atoms with Crippen molar-refractivity contribution in [2.45, 2.75) is 13.0 Å². The van der Waals surface area contributed by atoms with Crippen molar-refractivity contribution in [2.75, 3.05) is 11.1 Å². The lowest BCUT2D eigenvalue weighted by atomic mass is 10.3. The molecule has 116 valence electrons. The number of hydrogen-bond donors (Lipinski definition) is 2. The lowest BCUT2D eigenvalue weighted by Gasteiger charge is -2.14. The maximum Gasteiger partial charge on any atom is 0.232 e. The lowest BCUT2D eigenvalue weighted by Crippen LogP contribution is -2.12. The molecule has 3 aromatic rings. The zero-order valence-corrected chi connectivity index (χ0v) is 12.7. The Labute approximate surface area is 134 Å². The number of benzene rings is 2. The van der Waals surface area contributed by atoms with Crippen LogP contribution in [0.4, 0.5) is 17.6 Å². The second-order valence-electron chi connectivity index (χ2n) is 4.94. The topological polar surface area (TPSA) is 86.0 Å². The predicted molar refractivity (Wildman–Crippen MR) is 89.4 cm³/mol. The summed E-state index contributed by atoms with van der Waals surface area (Å²) in [6.45, 7) is 1.87. The molecule has 0 saturated heterocycles. The second-order valence-corrected chi connectivity index (χ2v) is 4.94. The van der Waals surface area contributed by atoms with Crippen molar-refractivity contribution in [1.82, 2.24) is 15.0 Å². The van der Waals surface area contributed by atoms with Gasteiger partial charge in [-0.05, 0) is 31.2 Å². The Bertz CT molecular complexity index is 764. The Morgan fingerprint density at radius 3 is 2.26 bits per heavy atom. The van der Waals surface area contributed by atoms with E-state index in [-0.39, 0.29) is 12.1 Å². The maximum atomic E-state index is 5.82. The van der Waals surface area contributed by atoms with E-state index in [1.165, 1.54) is 0 Å². The van der Waals surface area contributed by atoms with E-state index in [0.29, 0.717) is 11.8 Å². The van der Waals surface area contributed by atoms with Crippen molar-refractivity contribution in [3.05, 3.63) is 66.5 Å². The molecule has 0 spiro atoms. The number of hydrogen-bond acceptors (Lipinski definition) is 6. The Hall–Kier alpha value is -3.15. The summed E-state index contributed by atoms with van der Waals surface area (Å²) >= 11 is 0. The number of nitrogens with two attached hydrogens (primary N) is 1. The van der Waals surface area contributed by atoms with Crippen LogP contribution in [-0.2, 0) is 0 Å². The molecule has 0 fully saturated rings. The number of rotatable bonds is 5. The molecule has 2 aromatic carbocycles. The fourth-order valence-electron chi connectivity index (χ4n) is 2.05. The van der Waals surface area contributed by atoms with Gasteiger partial charge in [0.2, 0.25) is 11.9 Å². The minimum absolute atomic E-state index is 0.150. The average molecular weight is 307 g/mol. The van der Waals surface area contributed by atoms with Gasteiger partial charge in [0.15, 0.2) is 11.9 Å². The third-order valence-corrected chi connectivity index (χ3v) is 3.12. The standard InChI is InChI=1S/C17H17N5O/c1-12(23-14-10-6-3-7-11-14)15-20-16(18)22-17(21-15)19-13-8-4-2-5-9-13/h2-12H,1H3,(H3,18,19,20,21,22). The van der Waals surface area contributed by atoms with E-state index in [1.807, 2.05) is 67.6 Å². The Morgan fingerprint density at radius 2 is 1.57 bits per heavy atom. The monoisotopic (exact) mass is 307 g/mol. The Morgan fingerprint density at radius 1 is 0.913 bits per heavy atom. The van der Waals surface area contributed by atoms with Gasteiger partial charge in [0, 0.05) is 5.69 Å². The van der Waals surface area contributed by atoms with Gasteiger partial charge in [-0.15, -0.1) is 0 Å². The van der Waals surface area contributed by atoms with Gasteiger partial charge in [-0.25, -0.2) is 0 Å². The normalized spacial score (nSPS) is 11.7. The summed E-state index contributed by atoms with van der Waals surface area (Å²) in [5, 5.41) is 3.11. The Balaban J connectivity index is 1.79. The van der Waals surface area contributed by atoms with Crippen LogP contribution >= 0.6 is 0 Å². The number of anilines is 3. The molecule has 1 unspecified atom stereocenters. The molecule has 1 aromatic heterocycles. The third kappa shape index (κ3) is 3.94. The molecule has 3 N–H and O–H groups in total. The molecule has 0 aliphatic carbocycles. The highest BCUT2D eigenvalue weighted by molar-refractivity contribution is 5.53. The van der Waals surface area contributed by atoms with E-state index in [0.717, 1.165) is 11.4 Å². The summed E-state index contributed by atoms with van der Waals surface area (Å²) < 4.78 is 5.82. The largest absolute Gasteiger partial charge is 0.483 e.